The summed E-state index contributed by atoms with van der Waals surface area (Å²) in [7, 11) is 0. The van der Waals surface area contributed by atoms with Gasteiger partial charge in [-0.25, -0.2) is 0 Å². The minimum atomic E-state index is -0.653. The summed E-state index contributed by atoms with van der Waals surface area (Å²) in [5, 5.41) is 1.49. The van der Waals surface area contributed by atoms with Crippen LogP contribution in [0.5, 0.6) is 0 Å². The zero-order valence-corrected chi connectivity index (χ0v) is 9.66. The van der Waals surface area contributed by atoms with Gasteiger partial charge in [-0.15, -0.1) is 12.4 Å². The molecule has 0 bridgehead atoms. The zero-order chi connectivity index (χ0) is 11.7. The molecule has 0 spiro atoms. The molecular formula is C12H11ClN2O2. The first kappa shape index (κ1) is 13.0. The molecule has 17 heavy (non-hydrogen) atoms. The number of carbonyl (C=O) groups excluding carboxylic acids is 2. The second kappa shape index (κ2) is 4.84. The van der Waals surface area contributed by atoms with E-state index in [1.54, 1.807) is 18.2 Å². The molecule has 2 amide bonds. The van der Waals surface area contributed by atoms with Crippen LogP contribution in [0.3, 0.4) is 0 Å². The van der Waals surface area contributed by atoms with Gasteiger partial charge >= 0.3 is 0 Å². The Balaban J connectivity index is 0.00000144. The molecule has 2 aromatic carbocycles. The molecule has 0 fully saturated rings. The summed E-state index contributed by atoms with van der Waals surface area (Å²) in [4.78, 5) is 22.5. The lowest BCUT2D eigenvalue weighted by atomic mass is 9.98. The molecule has 88 valence electrons. The fourth-order valence-corrected chi connectivity index (χ4v) is 1.74. The van der Waals surface area contributed by atoms with Crippen molar-refractivity contribution >= 4 is 35.0 Å². The molecule has 0 atom stereocenters. The van der Waals surface area contributed by atoms with E-state index in [4.69, 9.17) is 11.5 Å². The van der Waals surface area contributed by atoms with Gasteiger partial charge in [0, 0.05) is 0 Å². The zero-order valence-electron chi connectivity index (χ0n) is 8.84. The molecule has 2 rings (SSSR count). The third kappa shape index (κ3) is 2.21. The van der Waals surface area contributed by atoms with Gasteiger partial charge in [0.05, 0.1) is 11.1 Å². The van der Waals surface area contributed by atoms with Gasteiger partial charge in [0.1, 0.15) is 0 Å². The maximum atomic E-state index is 11.4. The summed E-state index contributed by atoms with van der Waals surface area (Å²) in [5.74, 6) is -1.30. The number of amides is 2. The number of hydrogen-bond acceptors (Lipinski definition) is 2. The number of benzene rings is 2. The summed E-state index contributed by atoms with van der Waals surface area (Å²) in [5.41, 5.74) is 10.8. The van der Waals surface area contributed by atoms with E-state index in [2.05, 4.69) is 0 Å². The smallest absolute Gasteiger partial charge is 0.250 e. The highest BCUT2D eigenvalue weighted by molar-refractivity contribution is 6.14. The minimum absolute atomic E-state index is 0. The van der Waals surface area contributed by atoms with E-state index in [9.17, 15) is 9.59 Å². The molecule has 0 unspecified atom stereocenters. The van der Waals surface area contributed by atoms with Gasteiger partial charge in [0.15, 0.2) is 0 Å². The van der Waals surface area contributed by atoms with E-state index in [-0.39, 0.29) is 23.5 Å². The summed E-state index contributed by atoms with van der Waals surface area (Å²) in [6.07, 6.45) is 0. The summed E-state index contributed by atoms with van der Waals surface area (Å²) >= 11 is 0. The Morgan fingerprint density at radius 2 is 1.53 bits per heavy atom. The molecule has 0 aliphatic carbocycles. The number of fused-ring (bicyclic) bond motifs is 1. The average Bonchev–Trinajstić information content (AvgIpc) is 2.27. The quantitative estimate of drug-likeness (QED) is 0.845. The van der Waals surface area contributed by atoms with Crippen molar-refractivity contribution < 1.29 is 9.59 Å². The molecule has 0 aromatic heterocycles. The van der Waals surface area contributed by atoms with Crippen molar-refractivity contribution in [2.24, 2.45) is 11.5 Å². The Kier molecular flexibility index (Phi) is 3.70. The van der Waals surface area contributed by atoms with Crippen molar-refractivity contribution in [1.82, 2.24) is 0 Å². The Hall–Kier alpha value is -2.07. The lowest BCUT2D eigenvalue weighted by Crippen LogP contribution is -2.20. The van der Waals surface area contributed by atoms with Gasteiger partial charge < -0.3 is 11.5 Å². The number of halogens is 1. The Morgan fingerprint density at radius 1 is 0.882 bits per heavy atom. The molecule has 0 aliphatic rings. The molecule has 5 heteroatoms. The van der Waals surface area contributed by atoms with E-state index in [0.717, 1.165) is 5.39 Å². The van der Waals surface area contributed by atoms with Crippen LogP contribution in [0.1, 0.15) is 20.7 Å². The van der Waals surface area contributed by atoms with Crippen LogP contribution < -0.4 is 11.5 Å². The minimum Gasteiger partial charge on any atom is -0.366 e. The number of primary amides is 2. The van der Waals surface area contributed by atoms with Crippen LogP contribution in [0, 0.1) is 0 Å². The monoisotopic (exact) mass is 250 g/mol. The second-order valence-corrected chi connectivity index (χ2v) is 3.44. The van der Waals surface area contributed by atoms with Gasteiger partial charge in [0.25, 0.3) is 0 Å². The van der Waals surface area contributed by atoms with E-state index >= 15 is 0 Å². The van der Waals surface area contributed by atoms with Crippen LogP contribution in [0.25, 0.3) is 10.8 Å². The average molecular weight is 251 g/mol. The predicted molar refractivity (Wildman–Crippen MR) is 68.2 cm³/mol. The lowest BCUT2D eigenvalue weighted by molar-refractivity contribution is 0.0968. The summed E-state index contributed by atoms with van der Waals surface area (Å²) in [6, 6.07) is 10.5. The maximum absolute atomic E-state index is 11.4. The first-order valence-electron chi connectivity index (χ1n) is 4.72. The van der Waals surface area contributed by atoms with Crippen molar-refractivity contribution in [2.75, 3.05) is 0 Å². The highest BCUT2D eigenvalue weighted by Gasteiger charge is 2.15. The number of nitrogens with two attached hydrogens (primary N) is 2. The van der Waals surface area contributed by atoms with E-state index in [1.807, 2.05) is 12.1 Å². The molecule has 0 saturated heterocycles. The molecule has 0 heterocycles. The topological polar surface area (TPSA) is 86.2 Å². The third-order valence-electron chi connectivity index (χ3n) is 2.44. The van der Waals surface area contributed by atoms with Crippen LogP contribution in [0.2, 0.25) is 0 Å². The molecule has 4 nitrogen and oxygen atoms in total. The standard InChI is InChI=1S/C12H10N2O2.ClH/c13-11(15)9-6-5-7-3-1-2-4-8(7)10(9)12(14)16;/h1-6H,(H2,13,15)(H2,14,16);1H. The number of carbonyl (C=O) groups is 2. The fraction of sp³-hybridized carbons (Fsp3) is 0. The molecule has 0 aliphatic heterocycles. The third-order valence-corrected chi connectivity index (χ3v) is 2.44. The summed E-state index contributed by atoms with van der Waals surface area (Å²) in [6.45, 7) is 0. The van der Waals surface area contributed by atoms with Gasteiger partial charge in [-0.05, 0) is 16.8 Å². The number of hydrogen-bond donors (Lipinski definition) is 2. The van der Waals surface area contributed by atoms with E-state index in [1.165, 1.54) is 6.07 Å². The SMILES string of the molecule is Cl.NC(=O)c1ccc2ccccc2c1C(N)=O. The molecule has 0 saturated carbocycles. The molecule has 4 N–H and O–H groups in total. The second-order valence-electron chi connectivity index (χ2n) is 3.44. The van der Waals surface area contributed by atoms with Crippen molar-refractivity contribution in [3.63, 3.8) is 0 Å². The van der Waals surface area contributed by atoms with E-state index < -0.39 is 11.8 Å². The van der Waals surface area contributed by atoms with Crippen molar-refractivity contribution in [3.05, 3.63) is 47.5 Å². The Labute approximate surface area is 104 Å². The highest BCUT2D eigenvalue weighted by atomic mass is 35.5. The van der Waals surface area contributed by atoms with Crippen LogP contribution >= 0.6 is 12.4 Å². The first-order valence-corrected chi connectivity index (χ1v) is 4.72. The Bertz CT molecular complexity index is 596. The summed E-state index contributed by atoms with van der Waals surface area (Å²) < 4.78 is 0. The van der Waals surface area contributed by atoms with Crippen LogP contribution in [-0.2, 0) is 0 Å². The van der Waals surface area contributed by atoms with Crippen molar-refractivity contribution in [1.29, 1.82) is 0 Å². The largest absolute Gasteiger partial charge is 0.366 e. The molecule has 0 radical (unpaired) electrons. The van der Waals surface area contributed by atoms with Crippen molar-refractivity contribution in [2.45, 2.75) is 0 Å². The van der Waals surface area contributed by atoms with Crippen LogP contribution in [-0.4, -0.2) is 11.8 Å². The van der Waals surface area contributed by atoms with Gasteiger partial charge in [-0.2, -0.15) is 0 Å². The van der Waals surface area contributed by atoms with Crippen LogP contribution in [0.4, 0.5) is 0 Å². The van der Waals surface area contributed by atoms with Gasteiger partial charge in [0.2, 0.25) is 11.8 Å². The predicted octanol–water partition coefficient (Wildman–Crippen LogP) is 1.46. The fourth-order valence-electron chi connectivity index (χ4n) is 1.74. The maximum Gasteiger partial charge on any atom is 0.250 e. The lowest BCUT2D eigenvalue weighted by Gasteiger charge is -2.07. The Morgan fingerprint density at radius 3 is 2.12 bits per heavy atom. The van der Waals surface area contributed by atoms with Crippen LogP contribution in [0.15, 0.2) is 36.4 Å². The van der Waals surface area contributed by atoms with Gasteiger partial charge in [-0.1, -0.05) is 30.3 Å². The van der Waals surface area contributed by atoms with Gasteiger partial charge in [-0.3, -0.25) is 9.59 Å². The molecule has 2 aromatic rings. The van der Waals surface area contributed by atoms with E-state index in [0.29, 0.717) is 5.39 Å². The highest BCUT2D eigenvalue weighted by Crippen LogP contribution is 2.21. The molecular weight excluding hydrogens is 240 g/mol. The van der Waals surface area contributed by atoms with Crippen molar-refractivity contribution in [3.8, 4) is 0 Å². The number of rotatable bonds is 2. The first-order chi connectivity index (χ1) is 7.61. The normalized spacial score (nSPS) is 9.65.